The van der Waals surface area contributed by atoms with E-state index in [1.165, 1.54) is 12.8 Å². The minimum atomic E-state index is -0.229. The Morgan fingerprint density at radius 3 is 2.65 bits per heavy atom. The number of benzene rings is 1. The van der Waals surface area contributed by atoms with Crippen molar-refractivity contribution in [1.29, 1.82) is 0 Å². The average Bonchev–Trinajstić information content (AvgIpc) is 3.39. The van der Waals surface area contributed by atoms with Gasteiger partial charge in [0, 0.05) is 31.4 Å². The van der Waals surface area contributed by atoms with Crippen molar-refractivity contribution in [2.75, 3.05) is 24.5 Å². The maximum atomic E-state index is 12.7. The highest BCUT2D eigenvalue weighted by atomic mass is 16.6. The Morgan fingerprint density at radius 1 is 1.04 bits per heavy atom. The Labute approximate surface area is 154 Å². The van der Waals surface area contributed by atoms with Gasteiger partial charge in [-0.2, -0.15) is 0 Å². The molecule has 1 aromatic carbocycles. The summed E-state index contributed by atoms with van der Waals surface area (Å²) in [6, 6.07) is 14.0. The van der Waals surface area contributed by atoms with Gasteiger partial charge < -0.3 is 14.5 Å². The molecule has 2 aromatic rings. The average molecular weight is 351 g/mol. The molecule has 3 heterocycles. The van der Waals surface area contributed by atoms with Crippen LogP contribution in [0, 0.1) is 0 Å². The van der Waals surface area contributed by atoms with Gasteiger partial charge in [0.05, 0.1) is 6.04 Å². The van der Waals surface area contributed by atoms with E-state index in [-0.39, 0.29) is 12.1 Å². The van der Waals surface area contributed by atoms with E-state index in [0.29, 0.717) is 6.61 Å². The van der Waals surface area contributed by atoms with Crippen molar-refractivity contribution in [2.24, 2.45) is 0 Å². The third-order valence-electron chi connectivity index (χ3n) is 5.27. The van der Waals surface area contributed by atoms with Gasteiger partial charge in [0.1, 0.15) is 12.4 Å². The molecule has 2 fully saturated rings. The molecule has 0 unspecified atom stereocenters. The molecule has 26 heavy (non-hydrogen) atoms. The zero-order valence-corrected chi connectivity index (χ0v) is 15.0. The van der Waals surface area contributed by atoms with Crippen LogP contribution in [-0.2, 0) is 11.3 Å². The van der Waals surface area contributed by atoms with E-state index in [1.807, 2.05) is 47.5 Å². The first-order chi connectivity index (χ1) is 12.8. The quantitative estimate of drug-likeness (QED) is 0.830. The predicted molar refractivity (Wildman–Crippen MR) is 101 cm³/mol. The van der Waals surface area contributed by atoms with Crippen LogP contribution in [0.4, 0.5) is 10.6 Å². The minimum absolute atomic E-state index is 0.0579. The highest BCUT2D eigenvalue weighted by Gasteiger charge is 2.34. The molecular weight excluding hydrogens is 326 g/mol. The van der Waals surface area contributed by atoms with Crippen molar-refractivity contribution in [3.05, 3.63) is 59.8 Å². The molecule has 136 valence electrons. The van der Waals surface area contributed by atoms with Crippen LogP contribution in [0.3, 0.4) is 0 Å². The lowest BCUT2D eigenvalue weighted by Gasteiger charge is -2.28. The van der Waals surface area contributed by atoms with Gasteiger partial charge >= 0.3 is 6.09 Å². The van der Waals surface area contributed by atoms with Crippen molar-refractivity contribution in [3.8, 4) is 0 Å². The fraction of sp³-hybridized carbons (Fsp3) is 0.429. The normalized spacial score (nSPS) is 19.8. The summed E-state index contributed by atoms with van der Waals surface area (Å²) in [6.07, 6.45) is 6.01. The van der Waals surface area contributed by atoms with Crippen LogP contribution in [0.1, 0.15) is 42.9 Å². The number of anilines is 1. The molecule has 0 radical (unpaired) electrons. The number of ether oxygens (including phenoxy) is 1. The third-order valence-corrected chi connectivity index (χ3v) is 5.27. The maximum absolute atomic E-state index is 12.7. The van der Waals surface area contributed by atoms with E-state index < -0.39 is 0 Å². The fourth-order valence-corrected chi connectivity index (χ4v) is 3.97. The largest absolute Gasteiger partial charge is 0.445 e. The molecule has 1 amide bonds. The van der Waals surface area contributed by atoms with E-state index in [0.717, 1.165) is 49.4 Å². The molecule has 0 spiro atoms. The van der Waals surface area contributed by atoms with Gasteiger partial charge in [-0.1, -0.05) is 36.4 Å². The van der Waals surface area contributed by atoms with Crippen molar-refractivity contribution in [1.82, 2.24) is 9.88 Å². The van der Waals surface area contributed by atoms with E-state index in [2.05, 4.69) is 16.0 Å². The van der Waals surface area contributed by atoms with E-state index in [4.69, 9.17) is 4.74 Å². The van der Waals surface area contributed by atoms with Crippen LogP contribution >= 0.6 is 0 Å². The molecule has 0 bridgehead atoms. The molecule has 5 nitrogen and oxygen atoms in total. The molecule has 1 aromatic heterocycles. The molecular formula is C21H25N3O2. The number of pyridine rings is 1. The Morgan fingerprint density at radius 2 is 1.85 bits per heavy atom. The second-order valence-corrected chi connectivity index (χ2v) is 7.00. The molecule has 2 saturated heterocycles. The second kappa shape index (κ2) is 7.77. The number of carbonyl (C=O) groups is 1. The van der Waals surface area contributed by atoms with Crippen LogP contribution in [0.15, 0.2) is 48.7 Å². The van der Waals surface area contributed by atoms with Gasteiger partial charge in [0.25, 0.3) is 0 Å². The van der Waals surface area contributed by atoms with Crippen molar-refractivity contribution in [2.45, 2.75) is 38.3 Å². The van der Waals surface area contributed by atoms with Crippen LogP contribution in [-0.4, -0.2) is 35.6 Å². The summed E-state index contributed by atoms with van der Waals surface area (Å²) < 4.78 is 5.58. The van der Waals surface area contributed by atoms with Gasteiger partial charge in [0.2, 0.25) is 0 Å². The lowest BCUT2D eigenvalue weighted by molar-refractivity contribution is 0.0921. The molecule has 0 N–H and O–H groups in total. The number of hydrogen-bond acceptors (Lipinski definition) is 4. The number of rotatable bonds is 4. The maximum Gasteiger partial charge on any atom is 0.410 e. The first-order valence-corrected chi connectivity index (χ1v) is 9.50. The van der Waals surface area contributed by atoms with Gasteiger partial charge in [-0.15, -0.1) is 0 Å². The Hall–Kier alpha value is -2.56. The summed E-state index contributed by atoms with van der Waals surface area (Å²) in [7, 11) is 0. The zero-order valence-electron chi connectivity index (χ0n) is 15.0. The standard InChI is InChI=1S/C21H25N3O2/c25-21(26-16-17-8-2-1-3-9-17)24-15-7-11-19(24)18-10-6-12-22-20(18)23-13-4-5-14-23/h1-3,6,8-10,12,19H,4-5,7,11,13-16H2/t19-/m1/s1. The van der Waals surface area contributed by atoms with Crippen LogP contribution in [0.2, 0.25) is 0 Å². The van der Waals surface area contributed by atoms with Gasteiger partial charge in [-0.25, -0.2) is 9.78 Å². The summed E-state index contributed by atoms with van der Waals surface area (Å²) in [5, 5.41) is 0. The number of carbonyl (C=O) groups excluding carboxylic acids is 1. The number of hydrogen-bond donors (Lipinski definition) is 0. The summed E-state index contributed by atoms with van der Waals surface area (Å²) >= 11 is 0. The predicted octanol–water partition coefficient (Wildman–Crippen LogP) is 4.16. The van der Waals surface area contributed by atoms with Gasteiger partial charge in [0.15, 0.2) is 0 Å². The van der Waals surface area contributed by atoms with Gasteiger partial charge in [-0.3, -0.25) is 0 Å². The molecule has 0 saturated carbocycles. The monoisotopic (exact) mass is 351 g/mol. The molecule has 0 aliphatic carbocycles. The van der Waals surface area contributed by atoms with E-state index in [9.17, 15) is 4.79 Å². The Balaban J connectivity index is 1.49. The first-order valence-electron chi connectivity index (χ1n) is 9.50. The van der Waals surface area contributed by atoms with E-state index in [1.54, 1.807) is 0 Å². The third kappa shape index (κ3) is 3.52. The first kappa shape index (κ1) is 16.9. The smallest absolute Gasteiger partial charge is 0.410 e. The lowest BCUT2D eigenvalue weighted by atomic mass is 10.1. The second-order valence-electron chi connectivity index (χ2n) is 7.00. The molecule has 2 aliphatic heterocycles. The van der Waals surface area contributed by atoms with Gasteiger partial charge in [-0.05, 0) is 37.3 Å². The molecule has 1 atom stereocenters. The summed E-state index contributed by atoms with van der Waals surface area (Å²) in [5.41, 5.74) is 2.17. The SMILES string of the molecule is O=C(OCc1ccccc1)N1CCC[C@@H]1c1cccnc1N1CCCC1. The number of amides is 1. The summed E-state index contributed by atoms with van der Waals surface area (Å²) in [5.74, 6) is 1.04. The van der Waals surface area contributed by atoms with Crippen molar-refractivity contribution >= 4 is 11.9 Å². The summed E-state index contributed by atoms with van der Waals surface area (Å²) in [6.45, 7) is 3.16. The minimum Gasteiger partial charge on any atom is -0.445 e. The van der Waals surface area contributed by atoms with Crippen molar-refractivity contribution in [3.63, 3.8) is 0 Å². The molecule has 4 rings (SSSR count). The zero-order chi connectivity index (χ0) is 17.8. The summed E-state index contributed by atoms with van der Waals surface area (Å²) in [4.78, 5) is 21.6. The fourth-order valence-electron chi connectivity index (χ4n) is 3.97. The highest BCUT2D eigenvalue weighted by Crippen LogP contribution is 2.37. The topological polar surface area (TPSA) is 45.7 Å². The Bertz CT molecular complexity index is 744. The number of likely N-dealkylation sites (tertiary alicyclic amines) is 1. The molecule has 5 heteroatoms. The Kier molecular flexibility index (Phi) is 5.04. The van der Waals surface area contributed by atoms with Crippen LogP contribution in [0.5, 0.6) is 0 Å². The van der Waals surface area contributed by atoms with E-state index >= 15 is 0 Å². The van der Waals surface area contributed by atoms with Crippen LogP contribution in [0.25, 0.3) is 0 Å². The number of aromatic nitrogens is 1. The molecule has 2 aliphatic rings. The highest BCUT2D eigenvalue weighted by molar-refractivity contribution is 5.69. The van der Waals surface area contributed by atoms with Crippen LogP contribution < -0.4 is 4.90 Å². The lowest BCUT2D eigenvalue weighted by Crippen LogP contribution is -2.32. The van der Waals surface area contributed by atoms with Crippen molar-refractivity contribution < 1.29 is 9.53 Å². The number of nitrogens with zero attached hydrogens (tertiary/aromatic N) is 3.